The molecule has 2 heterocycles. The number of hydrogen-bond donors (Lipinski definition) is 0. The molecule has 1 aliphatic heterocycles. The first-order valence-electron chi connectivity index (χ1n) is 5.82. The maximum absolute atomic E-state index is 12.1. The van der Waals surface area contributed by atoms with E-state index in [0.29, 0.717) is 22.3 Å². The van der Waals surface area contributed by atoms with Crippen LogP contribution < -0.4 is 5.46 Å². The van der Waals surface area contributed by atoms with Crippen molar-refractivity contribution in [2.45, 2.75) is 6.54 Å². The van der Waals surface area contributed by atoms with Crippen LogP contribution >= 0.6 is 0 Å². The molecule has 1 aromatic carbocycles. The molecule has 2 amide bonds. The zero-order valence-electron chi connectivity index (χ0n) is 10.0. The molecule has 4 nitrogen and oxygen atoms in total. The van der Waals surface area contributed by atoms with Gasteiger partial charge in [0.25, 0.3) is 11.8 Å². The minimum atomic E-state index is -0.278. The van der Waals surface area contributed by atoms with Crippen LogP contribution in [0.3, 0.4) is 0 Å². The van der Waals surface area contributed by atoms with Gasteiger partial charge in [0.05, 0.1) is 23.4 Å². The highest BCUT2D eigenvalue weighted by Crippen LogP contribution is 2.23. The van der Waals surface area contributed by atoms with Crippen molar-refractivity contribution in [2.24, 2.45) is 0 Å². The second-order valence-corrected chi connectivity index (χ2v) is 4.32. The highest BCUT2D eigenvalue weighted by Gasteiger charge is 2.35. The molecule has 0 unspecified atom stereocenters. The first-order valence-corrected chi connectivity index (χ1v) is 5.82. The maximum atomic E-state index is 12.1. The summed E-state index contributed by atoms with van der Waals surface area (Å²) in [6.07, 6.45) is 1.51. The number of carbonyl (C=O) groups excluding carboxylic acids is 2. The monoisotopic (exact) mass is 248 g/mol. The molecule has 3 rings (SSSR count). The molecule has 0 atom stereocenters. The van der Waals surface area contributed by atoms with Crippen LogP contribution in [0.15, 0.2) is 42.6 Å². The van der Waals surface area contributed by atoms with Crippen LogP contribution in [0, 0.1) is 0 Å². The lowest BCUT2D eigenvalue weighted by molar-refractivity contribution is 0.0640. The number of pyridine rings is 1. The molecule has 0 spiro atoms. The highest BCUT2D eigenvalue weighted by molar-refractivity contribution is 6.32. The van der Waals surface area contributed by atoms with E-state index in [9.17, 15) is 9.59 Å². The van der Waals surface area contributed by atoms with Crippen LogP contribution in [0.5, 0.6) is 0 Å². The maximum Gasteiger partial charge on any atom is 0.261 e. The quantitative estimate of drug-likeness (QED) is 0.579. The van der Waals surface area contributed by atoms with Crippen molar-refractivity contribution in [1.29, 1.82) is 0 Å². The van der Waals surface area contributed by atoms with Gasteiger partial charge >= 0.3 is 0 Å². The summed E-state index contributed by atoms with van der Waals surface area (Å²) in [5, 5.41) is 0. The zero-order valence-corrected chi connectivity index (χ0v) is 10.0. The van der Waals surface area contributed by atoms with Crippen molar-refractivity contribution in [3.63, 3.8) is 0 Å². The molecular weight excluding hydrogens is 239 g/mol. The largest absolute Gasteiger partial charge is 0.269 e. The third kappa shape index (κ3) is 1.93. The lowest BCUT2D eigenvalue weighted by atomic mass is 9.99. The summed E-state index contributed by atoms with van der Waals surface area (Å²) in [5.41, 5.74) is 2.07. The smallest absolute Gasteiger partial charge is 0.261 e. The lowest BCUT2D eigenvalue weighted by Crippen LogP contribution is -2.29. The number of hydrogen-bond acceptors (Lipinski definition) is 3. The van der Waals surface area contributed by atoms with Crippen molar-refractivity contribution >= 4 is 25.1 Å². The van der Waals surface area contributed by atoms with Crippen molar-refractivity contribution < 1.29 is 9.59 Å². The molecule has 0 bridgehead atoms. The predicted octanol–water partition coefficient (Wildman–Crippen LogP) is 0.672. The Balaban J connectivity index is 1.90. The van der Waals surface area contributed by atoms with Crippen molar-refractivity contribution in [1.82, 2.24) is 9.88 Å². The van der Waals surface area contributed by atoms with Gasteiger partial charge in [0.1, 0.15) is 7.85 Å². The number of fused-ring (bicyclic) bond motifs is 1. The van der Waals surface area contributed by atoms with E-state index in [2.05, 4.69) is 4.98 Å². The Morgan fingerprint density at radius 2 is 1.63 bits per heavy atom. The van der Waals surface area contributed by atoms with Crippen LogP contribution in [-0.4, -0.2) is 29.5 Å². The SMILES string of the molecule is [B]c1ccc(CN2C(=O)c3ccccc3C2=O)nc1. The van der Waals surface area contributed by atoms with Crippen LogP contribution in [0.25, 0.3) is 0 Å². The molecule has 0 aliphatic carbocycles. The molecule has 0 saturated carbocycles. The average molecular weight is 248 g/mol. The fourth-order valence-corrected chi connectivity index (χ4v) is 2.07. The second kappa shape index (κ2) is 4.35. The molecule has 0 fully saturated rings. The molecule has 19 heavy (non-hydrogen) atoms. The number of rotatable bonds is 2. The van der Waals surface area contributed by atoms with Crippen LogP contribution in [0.1, 0.15) is 26.4 Å². The second-order valence-electron chi connectivity index (χ2n) is 4.32. The van der Waals surface area contributed by atoms with Gasteiger partial charge < -0.3 is 0 Å². The van der Waals surface area contributed by atoms with Crippen molar-refractivity contribution in [3.8, 4) is 0 Å². The van der Waals surface area contributed by atoms with Crippen LogP contribution in [0.4, 0.5) is 0 Å². The summed E-state index contributed by atoms with van der Waals surface area (Å²) in [6.45, 7) is 0.159. The predicted molar refractivity (Wildman–Crippen MR) is 70.3 cm³/mol. The summed E-state index contributed by atoms with van der Waals surface area (Å²) < 4.78 is 0. The Morgan fingerprint density at radius 3 is 2.16 bits per heavy atom. The summed E-state index contributed by atoms with van der Waals surface area (Å²) >= 11 is 0. The number of imide groups is 1. The number of nitrogens with zero attached hydrogens (tertiary/aromatic N) is 2. The van der Waals surface area contributed by atoms with Gasteiger partial charge in [0, 0.05) is 6.20 Å². The molecule has 2 radical (unpaired) electrons. The first-order chi connectivity index (χ1) is 9.16. The third-order valence-electron chi connectivity index (χ3n) is 3.05. The van der Waals surface area contributed by atoms with E-state index in [4.69, 9.17) is 7.85 Å². The van der Waals surface area contributed by atoms with Crippen LogP contribution in [0.2, 0.25) is 0 Å². The van der Waals surface area contributed by atoms with E-state index < -0.39 is 0 Å². The minimum Gasteiger partial charge on any atom is -0.269 e. The van der Waals surface area contributed by atoms with Crippen molar-refractivity contribution in [2.75, 3.05) is 0 Å². The topological polar surface area (TPSA) is 50.3 Å². The van der Waals surface area contributed by atoms with Gasteiger partial charge in [-0.15, -0.1) is 0 Å². The third-order valence-corrected chi connectivity index (χ3v) is 3.05. The number of carbonyl (C=O) groups is 2. The average Bonchev–Trinajstić information content (AvgIpc) is 2.67. The van der Waals surface area contributed by atoms with Gasteiger partial charge in [-0.05, 0) is 18.2 Å². The lowest BCUT2D eigenvalue weighted by Gasteiger charge is -2.13. The highest BCUT2D eigenvalue weighted by atomic mass is 16.2. The molecule has 5 heteroatoms. The van der Waals surface area contributed by atoms with E-state index >= 15 is 0 Å². The number of benzene rings is 1. The van der Waals surface area contributed by atoms with E-state index in [1.807, 2.05) is 0 Å². The number of amides is 2. The number of aromatic nitrogens is 1. The van der Waals surface area contributed by atoms with Gasteiger partial charge in [-0.3, -0.25) is 19.5 Å². The van der Waals surface area contributed by atoms with E-state index in [0.717, 1.165) is 0 Å². The summed E-state index contributed by atoms with van der Waals surface area (Å²) in [4.78, 5) is 29.6. The summed E-state index contributed by atoms with van der Waals surface area (Å²) in [5.74, 6) is -0.557. The fraction of sp³-hybridized carbons (Fsp3) is 0.0714. The Bertz CT molecular complexity index is 632. The van der Waals surface area contributed by atoms with Crippen LogP contribution in [-0.2, 0) is 6.54 Å². The van der Waals surface area contributed by atoms with Gasteiger partial charge in [0.15, 0.2) is 0 Å². The normalized spacial score (nSPS) is 13.8. The van der Waals surface area contributed by atoms with Gasteiger partial charge in [-0.25, -0.2) is 0 Å². The van der Waals surface area contributed by atoms with Gasteiger partial charge in [0.2, 0.25) is 0 Å². The molecule has 1 aliphatic rings. The Labute approximate surface area is 111 Å². The summed E-state index contributed by atoms with van der Waals surface area (Å²) in [7, 11) is 5.55. The molecule has 2 aromatic rings. The van der Waals surface area contributed by atoms with E-state index in [1.54, 1.807) is 36.4 Å². The molecular formula is C14H9BN2O2. The zero-order chi connectivity index (χ0) is 13.4. The first kappa shape index (κ1) is 11.7. The summed E-state index contributed by atoms with van der Waals surface area (Å²) in [6, 6.07) is 10.2. The minimum absolute atomic E-state index is 0.159. The fourth-order valence-electron chi connectivity index (χ4n) is 2.07. The molecule has 0 N–H and O–H groups in total. The van der Waals surface area contributed by atoms with Crippen molar-refractivity contribution in [3.05, 3.63) is 59.4 Å². The molecule has 1 aromatic heterocycles. The Morgan fingerprint density at radius 1 is 1.00 bits per heavy atom. The van der Waals surface area contributed by atoms with E-state index in [1.165, 1.54) is 11.1 Å². The molecule has 0 saturated heterocycles. The standard InChI is InChI=1S/C14H9BN2O2/c15-9-5-6-10(16-7-9)8-17-13(18)11-3-1-2-4-12(11)14(17)19/h1-7H,8H2. The Hall–Kier alpha value is -2.43. The van der Waals surface area contributed by atoms with Gasteiger partial charge in [-0.2, -0.15) is 0 Å². The Kier molecular flexibility index (Phi) is 2.67. The van der Waals surface area contributed by atoms with Gasteiger partial charge in [-0.1, -0.05) is 23.7 Å². The molecule has 90 valence electrons. The van der Waals surface area contributed by atoms with E-state index in [-0.39, 0.29) is 18.4 Å².